The summed E-state index contributed by atoms with van der Waals surface area (Å²) >= 11 is 6.45. The number of esters is 1. The van der Waals surface area contributed by atoms with Gasteiger partial charge in [0, 0.05) is 18.5 Å². The number of carbonyl (C=O) groups is 1. The lowest BCUT2D eigenvalue weighted by atomic mass is 10.00. The van der Waals surface area contributed by atoms with Gasteiger partial charge in [-0.1, -0.05) is 35.0 Å². The quantitative estimate of drug-likeness (QED) is 0.512. The number of pyridine rings is 1. The molecule has 0 aliphatic carbocycles. The largest absolute Gasteiger partial charge is 0.459 e. The lowest BCUT2D eigenvalue weighted by Crippen LogP contribution is -2.43. The Morgan fingerprint density at radius 2 is 2.03 bits per heavy atom. The third kappa shape index (κ3) is 4.12. The van der Waals surface area contributed by atoms with Gasteiger partial charge in [0.15, 0.2) is 5.76 Å². The number of hydrogen-bond donors (Lipinski definition) is 0. The predicted octanol–water partition coefficient (Wildman–Crippen LogP) is 3.95. The van der Waals surface area contributed by atoms with Crippen molar-refractivity contribution in [3.05, 3.63) is 52.0 Å². The lowest BCUT2D eigenvalue weighted by molar-refractivity contribution is -0.151. The van der Waals surface area contributed by atoms with Gasteiger partial charge in [-0.15, -0.1) is 0 Å². The maximum Gasteiger partial charge on any atom is 0.310 e. The molecule has 1 fully saturated rings. The zero-order chi connectivity index (χ0) is 23.0. The van der Waals surface area contributed by atoms with E-state index >= 15 is 0 Å². The molecule has 1 saturated heterocycles. The number of fused-ring (bicyclic) bond motifs is 1. The molecule has 0 bridgehead atoms. The summed E-state index contributed by atoms with van der Waals surface area (Å²) in [5, 5.41) is 5.14. The minimum absolute atomic E-state index is 0.0448. The van der Waals surface area contributed by atoms with Gasteiger partial charge in [0.1, 0.15) is 17.2 Å². The van der Waals surface area contributed by atoms with Crippen LogP contribution in [0.2, 0.25) is 5.02 Å². The van der Waals surface area contributed by atoms with Crippen LogP contribution in [0.4, 0.5) is 0 Å². The lowest BCUT2D eigenvalue weighted by Gasteiger charge is -2.30. The minimum atomic E-state index is -3.81. The number of piperidine rings is 1. The average Bonchev–Trinajstić information content (AvgIpc) is 3.13. The minimum Gasteiger partial charge on any atom is -0.459 e. The first kappa shape index (κ1) is 22.7. The summed E-state index contributed by atoms with van der Waals surface area (Å²) < 4.78 is 38.0. The highest BCUT2D eigenvalue weighted by Gasteiger charge is 2.37. The zero-order valence-electron chi connectivity index (χ0n) is 18.1. The Hall–Kier alpha value is -2.49. The molecule has 0 N–H and O–H groups in total. The van der Waals surface area contributed by atoms with E-state index < -0.39 is 21.9 Å². The van der Waals surface area contributed by atoms with Crippen LogP contribution < -0.4 is 0 Å². The van der Waals surface area contributed by atoms with E-state index in [0.29, 0.717) is 35.8 Å². The van der Waals surface area contributed by atoms with E-state index in [4.69, 9.17) is 20.9 Å². The van der Waals surface area contributed by atoms with Crippen molar-refractivity contribution in [2.75, 3.05) is 13.1 Å². The maximum absolute atomic E-state index is 13.1. The number of nitrogens with zero attached hydrogens (tertiary/aromatic N) is 3. The van der Waals surface area contributed by atoms with E-state index in [1.165, 1.54) is 4.31 Å². The van der Waals surface area contributed by atoms with E-state index in [-0.39, 0.29) is 23.8 Å². The first-order valence-electron chi connectivity index (χ1n) is 10.3. The highest BCUT2D eigenvalue weighted by molar-refractivity contribution is 7.89. The van der Waals surface area contributed by atoms with Gasteiger partial charge in [-0.3, -0.25) is 4.79 Å². The van der Waals surface area contributed by atoms with Gasteiger partial charge < -0.3 is 9.26 Å². The number of halogens is 1. The third-order valence-electron chi connectivity index (χ3n) is 5.78. The fraction of sp³-hybridized carbons (Fsp3) is 0.409. The number of rotatable bonds is 5. The number of sulfonamides is 1. The Labute approximate surface area is 191 Å². The molecule has 170 valence electrons. The molecule has 8 nitrogen and oxygen atoms in total. The monoisotopic (exact) mass is 477 g/mol. The Kier molecular flexibility index (Phi) is 6.24. The molecule has 1 aliphatic rings. The Morgan fingerprint density at radius 1 is 1.28 bits per heavy atom. The first-order valence-corrected chi connectivity index (χ1v) is 12.2. The van der Waals surface area contributed by atoms with Crippen LogP contribution >= 0.6 is 11.6 Å². The topological polar surface area (TPSA) is 103 Å². The third-order valence-corrected chi connectivity index (χ3v) is 8.39. The highest BCUT2D eigenvalue weighted by Crippen LogP contribution is 2.30. The summed E-state index contributed by atoms with van der Waals surface area (Å²) in [6, 6.07) is 7.62. The fourth-order valence-corrected chi connectivity index (χ4v) is 6.11. The second-order valence-corrected chi connectivity index (χ2v) is 10.2. The molecule has 3 heterocycles. The van der Waals surface area contributed by atoms with Crippen molar-refractivity contribution >= 4 is 38.5 Å². The molecule has 3 aromatic rings. The molecule has 1 unspecified atom stereocenters. The second kappa shape index (κ2) is 8.80. The summed E-state index contributed by atoms with van der Waals surface area (Å²) in [5.74, 6) is -0.800. The molecular weight excluding hydrogens is 454 g/mol. The summed E-state index contributed by atoms with van der Waals surface area (Å²) in [6.45, 7) is 5.34. The van der Waals surface area contributed by atoms with Gasteiger partial charge in [0.05, 0.1) is 22.2 Å². The number of hydrogen-bond acceptors (Lipinski definition) is 7. The van der Waals surface area contributed by atoms with E-state index in [2.05, 4.69) is 10.1 Å². The zero-order valence-corrected chi connectivity index (χ0v) is 19.7. The van der Waals surface area contributed by atoms with Crippen LogP contribution in [0.15, 0.2) is 33.7 Å². The van der Waals surface area contributed by atoms with Gasteiger partial charge in [0.25, 0.3) is 0 Å². The molecule has 4 rings (SSSR count). The van der Waals surface area contributed by atoms with Gasteiger partial charge in [-0.05, 0) is 45.2 Å². The predicted molar refractivity (Wildman–Crippen MR) is 119 cm³/mol. The van der Waals surface area contributed by atoms with Gasteiger partial charge in [-0.25, -0.2) is 13.4 Å². The van der Waals surface area contributed by atoms with Crippen molar-refractivity contribution in [3.8, 4) is 0 Å². The van der Waals surface area contributed by atoms with Crippen molar-refractivity contribution in [1.82, 2.24) is 14.4 Å². The van der Waals surface area contributed by atoms with E-state index in [0.717, 1.165) is 16.5 Å². The SMILES string of the molecule is Cc1noc(C)c1S(=O)(=O)N1CCCC(C(=O)OCc2nc3ccccc3c(C)c2Cl)C1. The van der Waals surface area contributed by atoms with Crippen molar-refractivity contribution in [2.45, 2.75) is 45.1 Å². The van der Waals surface area contributed by atoms with E-state index in [9.17, 15) is 13.2 Å². The van der Waals surface area contributed by atoms with Crippen molar-refractivity contribution in [2.24, 2.45) is 5.92 Å². The van der Waals surface area contributed by atoms with Crippen LogP contribution in [-0.2, 0) is 26.2 Å². The molecule has 1 atom stereocenters. The van der Waals surface area contributed by atoms with Crippen LogP contribution in [0, 0.1) is 26.7 Å². The molecule has 32 heavy (non-hydrogen) atoms. The molecule has 2 aromatic heterocycles. The molecule has 0 saturated carbocycles. The second-order valence-electron chi connectivity index (χ2n) is 7.98. The highest BCUT2D eigenvalue weighted by atomic mass is 35.5. The Bertz CT molecular complexity index is 1270. The van der Waals surface area contributed by atoms with Crippen LogP contribution in [0.5, 0.6) is 0 Å². The number of benzene rings is 1. The number of para-hydroxylation sites is 1. The molecule has 0 radical (unpaired) electrons. The number of aryl methyl sites for hydroxylation is 3. The average molecular weight is 478 g/mol. The van der Waals surface area contributed by atoms with Crippen molar-refractivity contribution < 1.29 is 22.5 Å². The summed E-state index contributed by atoms with van der Waals surface area (Å²) in [5.41, 5.74) is 2.43. The van der Waals surface area contributed by atoms with Gasteiger partial charge in [0.2, 0.25) is 10.0 Å². The molecule has 1 aromatic carbocycles. The number of aromatic nitrogens is 2. The number of ether oxygens (including phenoxy) is 1. The molecule has 10 heteroatoms. The molecule has 0 spiro atoms. The smallest absolute Gasteiger partial charge is 0.310 e. The summed E-state index contributed by atoms with van der Waals surface area (Å²) in [4.78, 5) is 17.4. The van der Waals surface area contributed by atoms with Crippen LogP contribution in [-0.4, -0.2) is 41.9 Å². The molecular formula is C22H24ClN3O5S. The van der Waals surface area contributed by atoms with E-state index in [1.54, 1.807) is 13.8 Å². The Morgan fingerprint density at radius 3 is 2.75 bits per heavy atom. The maximum atomic E-state index is 13.1. The molecule has 1 aliphatic heterocycles. The fourth-order valence-electron chi connectivity index (χ4n) is 4.10. The van der Waals surface area contributed by atoms with Crippen LogP contribution in [0.25, 0.3) is 10.9 Å². The van der Waals surface area contributed by atoms with Gasteiger partial charge in [-0.2, -0.15) is 4.31 Å². The van der Waals surface area contributed by atoms with Crippen LogP contribution in [0.3, 0.4) is 0 Å². The van der Waals surface area contributed by atoms with Crippen molar-refractivity contribution in [1.29, 1.82) is 0 Å². The Balaban J connectivity index is 1.48. The summed E-state index contributed by atoms with van der Waals surface area (Å²) in [6.07, 6.45) is 1.10. The number of carbonyl (C=O) groups excluding carboxylic acids is 1. The molecule has 0 amide bonds. The van der Waals surface area contributed by atoms with E-state index in [1.807, 2.05) is 31.2 Å². The normalized spacial score (nSPS) is 17.6. The van der Waals surface area contributed by atoms with Crippen LogP contribution in [0.1, 0.15) is 35.6 Å². The summed E-state index contributed by atoms with van der Waals surface area (Å²) in [7, 11) is -3.81. The van der Waals surface area contributed by atoms with Crippen molar-refractivity contribution in [3.63, 3.8) is 0 Å². The first-order chi connectivity index (χ1) is 15.2. The standard InChI is InChI=1S/C22H24ClN3O5S/c1-13-17-8-4-5-9-18(17)24-19(20(13)23)12-30-22(27)16-7-6-10-26(11-16)32(28,29)21-14(2)25-31-15(21)3/h4-5,8-9,16H,6-7,10-12H2,1-3H3. The van der Waals surface area contributed by atoms with Gasteiger partial charge >= 0.3 is 5.97 Å².